The molecule has 1 aromatic carbocycles. The molecular weight excluding hydrogens is 232 g/mol. The number of H-pyrrole nitrogens is 1. The van der Waals surface area contributed by atoms with Crippen LogP contribution in [0.15, 0.2) is 36.7 Å². The number of aromatic amines is 1. The first kappa shape index (κ1) is 11.8. The first-order valence-corrected chi connectivity index (χ1v) is 5.87. The third-order valence-electron chi connectivity index (χ3n) is 2.19. The maximum Gasteiger partial charge on any atom is 0.122 e. The average Bonchev–Trinajstić information content (AvgIpc) is 2.29. The molecule has 0 saturated carbocycles. The van der Waals surface area contributed by atoms with E-state index < -0.39 is 0 Å². The van der Waals surface area contributed by atoms with Crippen LogP contribution in [0.4, 0.5) is 0 Å². The van der Waals surface area contributed by atoms with Crippen LogP contribution in [-0.2, 0) is 0 Å². The minimum absolute atomic E-state index is 0.185. The predicted molar refractivity (Wildman–Crippen MR) is 70.6 cm³/mol. The highest BCUT2D eigenvalue weighted by Crippen LogP contribution is 2.20. The minimum atomic E-state index is 0.185. The molecule has 1 aromatic heterocycles. The average molecular weight is 246 g/mol. The Morgan fingerprint density at radius 1 is 1.18 bits per heavy atom. The van der Waals surface area contributed by atoms with E-state index in [0.717, 1.165) is 17.0 Å². The fraction of sp³-hybridized carbons (Fsp3) is 0.231. The van der Waals surface area contributed by atoms with Gasteiger partial charge in [0.25, 0.3) is 0 Å². The quantitative estimate of drug-likeness (QED) is 0.841. The van der Waals surface area contributed by atoms with Crippen molar-refractivity contribution in [2.75, 3.05) is 0 Å². The molecule has 0 atom stereocenters. The summed E-state index contributed by atoms with van der Waals surface area (Å²) >= 11 is 5.04. The van der Waals surface area contributed by atoms with Gasteiger partial charge in [-0.15, -0.1) is 0 Å². The van der Waals surface area contributed by atoms with E-state index in [0.29, 0.717) is 4.64 Å². The number of nitrogens with one attached hydrogen (secondary N) is 1. The molecule has 17 heavy (non-hydrogen) atoms. The zero-order valence-corrected chi connectivity index (χ0v) is 10.6. The van der Waals surface area contributed by atoms with Gasteiger partial charge in [-0.05, 0) is 43.7 Å². The summed E-state index contributed by atoms with van der Waals surface area (Å²) in [5.74, 6) is 0.867. The summed E-state index contributed by atoms with van der Waals surface area (Å²) in [6.45, 7) is 4.01. The van der Waals surface area contributed by atoms with Gasteiger partial charge in [-0.25, -0.2) is 0 Å². The van der Waals surface area contributed by atoms with Gasteiger partial charge >= 0.3 is 0 Å². The van der Waals surface area contributed by atoms with E-state index in [1.165, 1.54) is 0 Å². The van der Waals surface area contributed by atoms with E-state index in [1.54, 1.807) is 12.4 Å². The molecule has 0 fully saturated rings. The molecule has 1 N–H and O–H groups in total. The molecule has 0 spiro atoms. The Kier molecular flexibility index (Phi) is 3.54. The van der Waals surface area contributed by atoms with Crippen molar-refractivity contribution in [1.29, 1.82) is 0 Å². The predicted octanol–water partition coefficient (Wildman–Crippen LogP) is 3.59. The Labute approximate surface area is 105 Å². The Balaban J connectivity index is 2.26. The molecule has 3 nitrogen and oxygen atoms in total. The summed E-state index contributed by atoms with van der Waals surface area (Å²) in [5.41, 5.74) is 1.95. The molecule has 0 radical (unpaired) electrons. The van der Waals surface area contributed by atoms with Gasteiger partial charge in [0.1, 0.15) is 10.4 Å². The Bertz CT molecular complexity index is 546. The van der Waals surface area contributed by atoms with Crippen LogP contribution < -0.4 is 4.74 Å². The molecule has 0 aliphatic rings. The Morgan fingerprint density at radius 3 is 2.47 bits per heavy atom. The highest BCUT2D eigenvalue weighted by atomic mass is 32.1. The van der Waals surface area contributed by atoms with Crippen molar-refractivity contribution in [1.82, 2.24) is 9.97 Å². The van der Waals surface area contributed by atoms with Crippen LogP contribution in [0.25, 0.3) is 11.3 Å². The molecule has 0 aliphatic heterocycles. The van der Waals surface area contributed by atoms with E-state index in [4.69, 9.17) is 17.0 Å². The third kappa shape index (κ3) is 3.14. The number of rotatable bonds is 3. The molecular formula is C13H14N2OS. The van der Waals surface area contributed by atoms with E-state index in [-0.39, 0.29) is 6.10 Å². The number of hydrogen-bond donors (Lipinski definition) is 1. The van der Waals surface area contributed by atoms with Crippen molar-refractivity contribution >= 4 is 12.2 Å². The van der Waals surface area contributed by atoms with Gasteiger partial charge in [0.05, 0.1) is 24.2 Å². The van der Waals surface area contributed by atoms with Crippen LogP contribution >= 0.6 is 12.2 Å². The molecule has 4 heteroatoms. The number of aromatic nitrogens is 2. The lowest BCUT2D eigenvalue weighted by Crippen LogP contribution is -2.05. The smallest absolute Gasteiger partial charge is 0.122 e. The van der Waals surface area contributed by atoms with Crippen molar-refractivity contribution in [2.45, 2.75) is 20.0 Å². The van der Waals surface area contributed by atoms with Crippen molar-refractivity contribution < 1.29 is 4.74 Å². The molecule has 0 saturated heterocycles. The second-order valence-corrected chi connectivity index (χ2v) is 4.44. The minimum Gasteiger partial charge on any atom is -0.491 e. The summed E-state index contributed by atoms with van der Waals surface area (Å²) < 4.78 is 6.21. The lowest BCUT2D eigenvalue weighted by atomic mass is 10.1. The SMILES string of the molecule is CC(C)Oc1ccc(-c2cncc(=S)[nH]2)cc1. The third-order valence-corrected chi connectivity index (χ3v) is 2.40. The van der Waals surface area contributed by atoms with Gasteiger partial charge < -0.3 is 9.72 Å². The number of nitrogens with zero attached hydrogens (tertiary/aromatic N) is 1. The first-order valence-electron chi connectivity index (χ1n) is 5.46. The number of ether oxygens (including phenoxy) is 1. The van der Waals surface area contributed by atoms with Gasteiger partial charge in [0.2, 0.25) is 0 Å². The van der Waals surface area contributed by atoms with E-state index >= 15 is 0 Å². The normalized spacial score (nSPS) is 10.5. The summed E-state index contributed by atoms with van der Waals surface area (Å²) in [7, 11) is 0. The van der Waals surface area contributed by atoms with Gasteiger partial charge in [0.15, 0.2) is 0 Å². The van der Waals surface area contributed by atoms with Crippen LogP contribution in [0.2, 0.25) is 0 Å². The fourth-order valence-electron chi connectivity index (χ4n) is 1.51. The van der Waals surface area contributed by atoms with Gasteiger partial charge in [-0.1, -0.05) is 12.2 Å². The number of hydrogen-bond acceptors (Lipinski definition) is 3. The van der Waals surface area contributed by atoms with Crippen molar-refractivity contribution in [3.63, 3.8) is 0 Å². The van der Waals surface area contributed by atoms with Crippen molar-refractivity contribution in [3.05, 3.63) is 41.3 Å². The lowest BCUT2D eigenvalue weighted by molar-refractivity contribution is 0.242. The zero-order chi connectivity index (χ0) is 12.3. The molecule has 2 rings (SSSR count). The highest BCUT2D eigenvalue weighted by Gasteiger charge is 2.00. The maximum atomic E-state index is 5.58. The molecule has 0 aliphatic carbocycles. The Hall–Kier alpha value is -1.68. The van der Waals surface area contributed by atoms with Gasteiger partial charge in [-0.3, -0.25) is 4.98 Å². The largest absolute Gasteiger partial charge is 0.491 e. The Morgan fingerprint density at radius 2 is 1.88 bits per heavy atom. The first-order chi connectivity index (χ1) is 8.15. The molecule has 0 amide bonds. The molecule has 0 bridgehead atoms. The molecule has 88 valence electrons. The summed E-state index contributed by atoms with van der Waals surface area (Å²) in [6, 6.07) is 7.86. The maximum absolute atomic E-state index is 5.58. The van der Waals surface area contributed by atoms with Crippen LogP contribution in [0.1, 0.15) is 13.8 Å². The summed E-state index contributed by atoms with van der Waals surface area (Å²) in [6.07, 6.45) is 3.56. The van der Waals surface area contributed by atoms with E-state index in [1.807, 2.05) is 38.1 Å². The van der Waals surface area contributed by atoms with Crippen LogP contribution in [0.5, 0.6) is 5.75 Å². The second kappa shape index (κ2) is 5.10. The highest BCUT2D eigenvalue weighted by molar-refractivity contribution is 7.71. The number of benzene rings is 1. The van der Waals surface area contributed by atoms with Crippen LogP contribution in [-0.4, -0.2) is 16.1 Å². The van der Waals surface area contributed by atoms with E-state index in [9.17, 15) is 0 Å². The summed E-state index contributed by atoms with van der Waals surface area (Å²) in [5, 5.41) is 0. The lowest BCUT2D eigenvalue weighted by Gasteiger charge is -2.09. The molecule has 2 aromatic rings. The van der Waals surface area contributed by atoms with Crippen molar-refractivity contribution in [2.24, 2.45) is 0 Å². The zero-order valence-electron chi connectivity index (χ0n) is 9.81. The topological polar surface area (TPSA) is 37.9 Å². The van der Waals surface area contributed by atoms with E-state index in [2.05, 4.69) is 9.97 Å². The monoisotopic (exact) mass is 246 g/mol. The second-order valence-electron chi connectivity index (χ2n) is 4.00. The molecule has 1 heterocycles. The summed E-state index contributed by atoms with van der Waals surface area (Å²) in [4.78, 5) is 7.16. The fourth-order valence-corrected chi connectivity index (χ4v) is 1.68. The van der Waals surface area contributed by atoms with Crippen molar-refractivity contribution in [3.8, 4) is 17.0 Å². The standard InChI is InChI=1S/C13H14N2OS/c1-9(2)16-11-5-3-10(4-6-11)12-7-14-8-13(17)15-12/h3-9H,1-2H3,(H,15,17). The van der Waals surface area contributed by atoms with Crippen LogP contribution in [0, 0.1) is 4.64 Å². The van der Waals surface area contributed by atoms with Gasteiger partial charge in [-0.2, -0.15) is 0 Å². The van der Waals surface area contributed by atoms with Crippen LogP contribution in [0.3, 0.4) is 0 Å². The molecule has 0 unspecified atom stereocenters. The van der Waals surface area contributed by atoms with Gasteiger partial charge in [0, 0.05) is 0 Å².